The molecule has 0 bridgehead atoms. The van der Waals surface area contributed by atoms with Crippen LogP contribution in [0.1, 0.15) is 84.9 Å². The van der Waals surface area contributed by atoms with Gasteiger partial charge in [-0.3, -0.25) is 14.4 Å². The fourth-order valence-electron chi connectivity index (χ4n) is 4.27. The largest absolute Gasteiger partial charge is 0.466 e. The number of ether oxygens (including phenoxy) is 2. The number of rotatable bonds is 12. The first kappa shape index (κ1) is 31.7. The average Bonchev–Trinajstić information content (AvgIpc) is 3.59. The van der Waals surface area contributed by atoms with Gasteiger partial charge in [-0.1, -0.05) is 45.2 Å². The van der Waals surface area contributed by atoms with Crippen LogP contribution in [0.3, 0.4) is 0 Å². The molecule has 214 valence electrons. The van der Waals surface area contributed by atoms with E-state index >= 15 is 0 Å². The number of nitrogens with one attached hydrogen (secondary N) is 2. The zero-order valence-corrected chi connectivity index (χ0v) is 24.2. The Morgan fingerprint density at radius 1 is 1.15 bits per heavy atom. The summed E-state index contributed by atoms with van der Waals surface area (Å²) in [5, 5.41) is 5.57. The van der Waals surface area contributed by atoms with Gasteiger partial charge in [0.1, 0.15) is 17.7 Å². The van der Waals surface area contributed by atoms with Crippen molar-refractivity contribution < 1.29 is 28.7 Å². The van der Waals surface area contributed by atoms with Crippen molar-refractivity contribution in [3.8, 4) is 12.3 Å². The molecule has 9 heteroatoms. The van der Waals surface area contributed by atoms with Crippen LogP contribution in [0.2, 0.25) is 0 Å². The third kappa shape index (κ3) is 9.31. The third-order valence-electron chi connectivity index (χ3n) is 6.68. The van der Waals surface area contributed by atoms with Crippen LogP contribution in [-0.2, 0) is 23.9 Å². The van der Waals surface area contributed by atoms with Crippen LogP contribution in [0.4, 0.5) is 4.79 Å². The zero-order chi connectivity index (χ0) is 29.3. The van der Waals surface area contributed by atoms with Crippen LogP contribution >= 0.6 is 0 Å². The number of amides is 3. The van der Waals surface area contributed by atoms with E-state index in [-0.39, 0.29) is 43.4 Å². The van der Waals surface area contributed by atoms with Crippen molar-refractivity contribution in [1.29, 1.82) is 0 Å². The van der Waals surface area contributed by atoms with E-state index in [9.17, 15) is 19.2 Å². The predicted octanol–water partition coefficient (Wildman–Crippen LogP) is 3.95. The number of carbonyl (C=O) groups is 4. The number of hydrogen-bond donors (Lipinski definition) is 2. The highest BCUT2D eigenvalue weighted by Crippen LogP contribution is 2.41. The summed E-state index contributed by atoms with van der Waals surface area (Å²) in [4.78, 5) is 54.1. The van der Waals surface area contributed by atoms with Crippen molar-refractivity contribution in [2.75, 3.05) is 13.2 Å². The molecule has 0 spiro atoms. The van der Waals surface area contributed by atoms with Gasteiger partial charge in [0.15, 0.2) is 0 Å². The molecular weight excluding hydrogens is 498 g/mol. The molecule has 0 aromatic heterocycles. The SMILES string of the molecule is C#Cc1ccc(C(C(=O)NCCC(=O)OCC)N(C(=O)C(NC(=O)OC(C)(C)C)C(C)CC)C2CC2C)cc1. The minimum Gasteiger partial charge on any atom is -0.466 e. The van der Waals surface area contributed by atoms with Gasteiger partial charge in [-0.05, 0) is 63.6 Å². The molecule has 0 heterocycles. The standard InChI is InChI=1S/C30H43N3O6/c1-9-19(4)25(32-29(37)39-30(6,7)8)28(36)33(23-18-20(23)5)26(22-14-12-21(10-2)13-15-22)27(35)31-17-16-24(34)38-11-3/h2,12-15,19-20,23,25-26H,9,11,16-18H2,1,3-8H3,(H,31,35)(H,32,37). The van der Waals surface area contributed by atoms with E-state index in [2.05, 4.69) is 16.6 Å². The summed E-state index contributed by atoms with van der Waals surface area (Å²) in [6, 6.07) is 4.81. The minimum absolute atomic E-state index is 0.00576. The maximum atomic E-state index is 14.3. The van der Waals surface area contributed by atoms with E-state index in [0.717, 1.165) is 6.42 Å². The second kappa shape index (κ2) is 14.0. The Hall–Kier alpha value is -3.54. The molecule has 9 nitrogen and oxygen atoms in total. The number of alkyl carbamates (subject to hydrolysis) is 1. The monoisotopic (exact) mass is 541 g/mol. The molecule has 3 amide bonds. The Morgan fingerprint density at radius 2 is 1.77 bits per heavy atom. The van der Waals surface area contributed by atoms with Crippen LogP contribution in [0, 0.1) is 24.2 Å². The molecule has 0 saturated heterocycles. The minimum atomic E-state index is -0.992. The van der Waals surface area contributed by atoms with Crippen molar-refractivity contribution in [3.05, 3.63) is 35.4 Å². The Morgan fingerprint density at radius 3 is 2.26 bits per heavy atom. The fraction of sp³-hybridized carbons (Fsp3) is 0.600. The Kier molecular flexibility index (Phi) is 11.4. The normalized spacial score (nSPS) is 18.5. The van der Waals surface area contributed by atoms with Crippen LogP contribution in [0.5, 0.6) is 0 Å². The van der Waals surface area contributed by atoms with E-state index in [0.29, 0.717) is 17.5 Å². The lowest BCUT2D eigenvalue weighted by molar-refractivity contribution is -0.145. The van der Waals surface area contributed by atoms with Crippen LogP contribution in [0.25, 0.3) is 0 Å². The summed E-state index contributed by atoms with van der Waals surface area (Å²) >= 11 is 0. The molecule has 0 aliphatic heterocycles. The maximum absolute atomic E-state index is 14.3. The van der Waals surface area contributed by atoms with Gasteiger partial charge in [0.25, 0.3) is 0 Å². The lowest BCUT2D eigenvalue weighted by Gasteiger charge is -2.36. The maximum Gasteiger partial charge on any atom is 0.408 e. The number of hydrogen-bond acceptors (Lipinski definition) is 6. The van der Waals surface area contributed by atoms with Crippen LogP contribution in [0.15, 0.2) is 24.3 Å². The summed E-state index contributed by atoms with van der Waals surface area (Å²) in [6.07, 6.45) is 6.18. The van der Waals surface area contributed by atoms with E-state index < -0.39 is 35.7 Å². The third-order valence-corrected chi connectivity index (χ3v) is 6.68. The number of benzene rings is 1. The van der Waals surface area contributed by atoms with Crippen molar-refractivity contribution in [3.63, 3.8) is 0 Å². The van der Waals surface area contributed by atoms with Crippen LogP contribution < -0.4 is 10.6 Å². The van der Waals surface area contributed by atoms with Gasteiger partial charge in [0.2, 0.25) is 11.8 Å². The second-order valence-corrected chi connectivity index (χ2v) is 11.1. The topological polar surface area (TPSA) is 114 Å². The Bertz CT molecular complexity index is 1060. The molecule has 1 aliphatic rings. The lowest BCUT2D eigenvalue weighted by atomic mass is 9.95. The van der Waals surface area contributed by atoms with Gasteiger partial charge >= 0.3 is 12.1 Å². The van der Waals surface area contributed by atoms with E-state index in [4.69, 9.17) is 15.9 Å². The van der Waals surface area contributed by atoms with Gasteiger partial charge in [-0.25, -0.2) is 4.79 Å². The molecular formula is C30H43N3O6. The van der Waals surface area contributed by atoms with E-state index in [1.807, 2.05) is 20.8 Å². The summed E-state index contributed by atoms with van der Waals surface area (Å²) in [5.74, 6) is 1.30. The van der Waals surface area contributed by atoms with Gasteiger partial charge in [-0.2, -0.15) is 0 Å². The molecule has 1 aromatic rings. The first-order valence-corrected chi connectivity index (χ1v) is 13.6. The number of nitrogens with zero attached hydrogens (tertiary/aromatic N) is 1. The Labute approximate surface area is 232 Å². The molecule has 1 aliphatic carbocycles. The van der Waals surface area contributed by atoms with Crippen molar-refractivity contribution >= 4 is 23.9 Å². The van der Waals surface area contributed by atoms with Gasteiger partial charge < -0.3 is 25.0 Å². The second-order valence-electron chi connectivity index (χ2n) is 11.1. The lowest BCUT2D eigenvalue weighted by Crippen LogP contribution is -2.56. The van der Waals surface area contributed by atoms with Crippen molar-refractivity contribution in [2.45, 2.75) is 91.5 Å². The molecule has 2 N–H and O–H groups in total. The quantitative estimate of drug-likeness (QED) is 0.306. The van der Waals surface area contributed by atoms with Gasteiger partial charge in [0.05, 0.1) is 13.0 Å². The molecule has 5 atom stereocenters. The summed E-state index contributed by atoms with van der Waals surface area (Å²) < 4.78 is 10.4. The summed E-state index contributed by atoms with van der Waals surface area (Å²) in [6.45, 7) is 13.1. The highest BCUT2D eigenvalue weighted by Gasteiger charge is 2.48. The predicted molar refractivity (Wildman–Crippen MR) is 148 cm³/mol. The van der Waals surface area contributed by atoms with Crippen molar-refractivity contribution in [1.82, 2.24) is 15.5 Å². The summed E-state index contributed by atoms with van der Waals surface area (Å²) in [7, 11) is 0. The molecule has 1 saturated carbocycles. The molecule has 2 rings (SSSR count). The fourth-order valence-corrected chi connectivity index (χ4v) is 4.27. The smallest absolute Gasteiger partial charge is 0.408 e. The molecule has 0 radical (unpaired) electrons. The molecule has 39 heavy (non-hydrogen) atoms. The average molecular weight is 542 g/mol. The molecule has 1 aromatic carbocycles. The number of terminal acetylenes is 1. The number of esters is 1. The highest BCUT2D eigenvalue weighted by molar-refractivity contribution is 5.93. The first-order chi connectivity index (χ1) is 18.3. The first-order valence-electron chi connectivity index (χ1n) is 13.6. The number of carbonyl (C=O) groups excluding carboxylic acids is 4. The summed E-state index contributed by atoms with van der Waals surface area (Å²) in [5.41, 5.74) is 0.481. The molecule has 1 fully saturated rings. The van der Waals surface area contributed by atoms with Gasteiger partial charge in [0, 0.05) is 18.2 Å². The highest BCUT2D eigenvalue weighted by atomic mass is 16.6. The van der Waals surface area contributed by atoms with E-state index in [1.165, 1.54) is 0 Å². The van der Waals surface area contributed by atoms with E-state index in [1.54, 1.807) is 56.9 Å². The van der Waals surface area contributed by atoms with Crippen LogP contribution in [-0.4, -0.2) is 59.6 Å². The Balaban J connectivity index is 2.46. The van der Waals surface area contributed by atoms with Crippen molar-refractivity contribution in [2.24, 2.45) is 11.8 Å². The zero-order valence-electron chi connectivity index (χ0n) is 24.2. The van der Waals surface area contributed by atoms with Gasteiger partial charge in [-0.15, -0.1) is 6.42 Å². The molecule has 5 unspecified atom stereocenters.